The fraction of sp³-hybridized carbons (Fsp3) is 0.500. The number of morpholine rings is 1. The number of amides is 1. The minimum atomic E-state index is -0.254. The Balaban J connectivity index is 1.62. The zero-order chi connectivity index (χ0) is 16.9. The molecule has 128 valence electrons. The fourth-order valence-electron chi connectivity index (χ4n) is 2.86. The molecule has 0 spiro atoms. The van der Waals surface area contributed by atoms with Crippen LogP contribution in [0.5, 0.6) is 0 Å². The van der Waals surface area contributed by atoms with Crippen molar-refractivity contribution in [2.75, 3.05) is 32.1 Å². The molecule has 1 aliphatic heterocycles. The topological polar surface area (TPSA) is 85.2 Å². The van der Waals surface area contributed by atoms with Gasteiger partial charge in [0.2, 0.25) is 5.91 Å². The molecule has 0 unspecified atom stereocenters. The van der Waals surface area contributed by atoms with Crippen molar-refractivity contribution in [3.05, 3.63) is 36.0 Å². The van der Waals surface area contributed by atoms with E-state index < -0.39 is 0 Å². The van der Waals surface area contributed by atoms with E-state index in [-0.39, 0.29) is 12.0 Å². The molecule has 3 rings (SSSR count). The first-order valence-electron chi connectivity index (χ1n) is 8.04. The third-order valence-corrected chi connectivity index (χ3v) is 4.20. The number of nitrogens with one attached hydrogen (secondary N) is 1. The van der Waals surface area contributed by atoms with Crippen LogP contribution in [0.4, 0.5) is 5.82 Å². The van der Waals surface area contributed by atoms with Gasteiger partial charge in [0.05, 0.1) is 13.2 Å². The Morgan fingerprint density at radius 2 is 2.21 bits per heavy atom. The molecule has 1 fully saturated rings. The first-order chi connectivity index (χ1) is 11.7. The molecule has 0 bridgehead atoms. The standard InChI is InChI=1S/C16H22N6O2/c1-17-16-15(18-7-8-19-16)13-11-22(9-10-24-13)14(23)4-3-12-5-6-20-21(12)2/h5-8,13H,3-4,9-11H2,1-2H3,(H,17,19)/t13-/m0/s1. The first kappa shape index (κ1) is 16.4. The van der Waals surface area contributed by atoms with Crippen molar-refractivity contribution in [2.45, 2.75) is 18.9 Å². The van der Waals surface area contributed by atoms with Crippen LogP contribution in [0, 0.1) is 0 Å². The lowest BCUT2D eigenvalue weighted by Gasteiger charge is -2.33. The van der Waals surface area contributed by atoms with E-state index in [2.05, 4.69) is 20.4 Å². The zero-order valence-corrected chi connectivity index (χ0v) is 14.0. The van der Waals surface area contributed by atoms with E-state index in [1.165, 1.54) is 0 Å². The zero-order valence-electron chi connectivity index (χ0n) is 14.0. The van der Waals surface area contributed by atoms with E-state index in [4.69, 9.17) is 4.74 Å². The van der Waals surface area contributed by atoms with Crippen molar-refractivity contribution in [1.82, 2.24) is 24.6 Å². The van der Waals surface area contributed by atoms with Crippen molar-refractivity contribution in [3.63, 3.8) is 0 Å². The number of hydrogen-bond donors (Lipinski definition) is 1. The molecule has 1 atom stereocenters. The Morgan fingerprint density at radius 1 is 1.38 bits per heavy atom. The van der Waals surface area contributed by atoms with Crippen LogP contribution in [0.3, 0.4) is 0 Å². The number of carbonyl (C=O) groups excluding carboxylic acids is 1. The predicted octanol–water partition coefficient (Wildman–Crippen LogP) is 0.784. The number of carbonyl (C=O) groups is 1. The highest BCUT2D eigenvalue weighted by atomic mass is 16.5. The molecule has 2 aromatic heterocycles. The molecule has 1 amide bonds. The highest BCUT2D eigenvalue weighted by Gasteiger charge is 2.28. The third kappa shape index (κ3) is 3.53. The van der Waals surface area contributed by atoms with Crippen LogP contribution in [-0.4, -0.2) is 57.3 Å². The first-order valence-corrected chi connectivity index (χ1v) is 8.04. The highest BCUT2D eigenvalue weighted by molar-refractivity contribution is 5.76. The number of aromatic nitrogens is 4. The smallest absolute Gasteiger partial charge is 0.223 e. The number of ether oxygens (including phenoxy) is 1. The molecular formula is C16H22N6O2. The summed E-state index contributed by atoms with van der Waals surface area (Å²) in [6.07, 6.45) is 5.92. The molecule has 3 heterocycles. The number of hydrogen-bond acceptors (Lipinski definition) is 6. The number of nitrogens with zero attached hydrogens (tertiary/aromatic N) is 5. The van der Waals surface area contributed by atoms with Crippen molar-refractivity contribution in [3.8, 4) is 0 Å². The molecular weight excluding hydrogens is 308 g/mol. The van der Waals surface area contributed by atoms with Gasteiger partial charge in [-0.25, -0.2) is 4.98 Å². The van der Waals surface area contributed by atoms with E-state index in [0.717, 1.165) is 11.4 Å². The van der Waals surface area contributed by atoms with Crippen LogP contribution < -0.4 is 5.32 Å². The summed E-state index contributed by atoms with van der Waals surface area (Å²) >= 11 is 0. The molecule has 1 saturated heterocycles. The second kappa shape index (κ2) is 7.39. The van der Waals surface area contributed by atoms with Gasteiger partial charge < -0.3 is 15.0 Å². The quantitative estimate of drug-likeness (QED) is 0.872. The van der Waals surface area contributed by atoms with E-state index in [0.29, 0.717) is 38.4 Å². The lowest BCUT2D eigenvalue weighted by atomic mass is 10.1. The van der Waals surface area contributed by atoms with Crippen molar-refractivity contribution in [2.24, 2.45) is 7.05 Å². The normalized spacial score (nSPS) is 17.8. The van der Waals surface area contributed by atoms with Crippen LogP contribution in [0.1, 0.15) is 23.9 Å². The van der Waals surface area contributed by atoms with Gasteiger partial charge in [0, 0.05) is 51.3 Å². The average molecular weight is 330 g/mol. The Hall–Kier alpha value is -2.48. The lowest BCUT2D eigenvalue weighted by molar-refractivity contribution is -0.139. The van der Waals surface area contributed by atoms with Gasteiger partial charge in [0.25, 0.3) is 0 Å². The SMILES string of the molecule is CNc1nccnc1[C@@H]1CN(C(=O)CCc2ccnn2C)CCO1. The van der Waals surface area contributed by atoms with Crippen LogP contribution >= 0.6 is 0 Å². The maximum Gasteiger partial charge on any atom is 0.223 e. The molecule has 0 saturated carbocycles. The van der Waals surface area contributed by atoms with E-state index in [1.807, 2.05) is 18.0 Å². The molecule has 0 aromatic carbocycles. The van der Waals surface area contributed by atoms with E-state index in [9.17, 15) is 4.79 Å². The van der Waals surface area contributed by atoms with Gasteiger partial charge >= 0.3 is 0 Å². The van der Waals surface area contributed by atoms with Crippen LogP contribution in [-0.2, 0) is 23.0 Å². The maximum absolute atomic E-state index is 12.5. The van der Waals surface area contributed by atoms with Gasteiger partial charge in [0.1, 0.15) is 17.6 Å². The van der Waals surface area contributed by atoms with Crippen molar-refractivity contribution < 1.29 is 9.53 Å². The van der Waals surface area contributed by atoms with Crippen molar-refractivity contribution in [1.29, 1.82) is 0 Å². The predicted molar refractivity (Wildman–Crippen MR) is 88.4 cm³/mol. The number of rotatable bonds is 5. The molecule has 2 aromatic rings. The molecule has 8 nitrogen and oxygen atoms in total. The molecule has 1 N–H and O–H groups in total. The highest BCUT2D eigenvalue weighted by Crippen LogP contribution is 2.25. The van der Waals surface area contributed by atoms with Crippen LogP contribution in [0.15, 0.2) is 24.7 Å². The Labute approximate surface area is 140 Å². The second-order valence-electron chi connectivity index (χ2n) is 5.69. The summed E-state index contributed by atoms with van der Waals surface area (Å²) in [5, 5.41) is 7.15. The van der Waals surface area contributed by atoms with Gasteiger partial charge in [-0.15, -0.1) is 0 Å². The minimum Gasteiger partial charge on any atom is -0.372 e. The summed E-state index contributed by atoms with van der Waals surface area (Å²) in [4.78, 5) is 23.0. The molecule has 24 heavy (non-hydrogen) atoms. The molecule has 8 heteroatoms. The largest absolute Gasteiger partial charge is 0.372 e. The summed E-state index contributed by atoms with van der Waals surface area (Å²) in [5.41, 5.74) is 1.80. The van der Waals surface area contributed by atoms with E-state index in [1.54, 1.807) is 30.3 Å². The number of anilines is 1. The van der Waals surface area contributed by atoms with Gasteiger partial charge in [-0.05, 0) is 12.5 Å². The molecule has 0 radical (unpaired) electrons. The Bertz CT molecular complexity index is 701. The van der Waals surface area contributed by atoms with E-state index >= 15 is 0 Å². The average Bonchev–Trinajstić information content (AvgIpc) is 3.04. The van der Waals surface area contributed by atoms with Gasteiger partial charge in [-0.2, -0.15) is 5.10 Å². The fourth-order valence-corrected chi connectivity index (χ4v) is 2.86. The summed E-state index contributed by atoms with van der Waals surface area (Å²) in [6.45, 7) is 1.61. The molecule has 0 aliphatic carbocycles. The van der Waals surface area contributed by atoms with Crippen LogP contribution in [0.25, 0.3) is 0 Å². The number of aryl methyl sites for hydroxylation is 2. The molecule has 1 aliphatic rings. The summed E-state index contributed by atoms with van der Waals surface area (Å²) in [6, 6.07) is 1.94. The van der Waals surface area contributed by atoms with Gasteiger partial charge in [0.15, 0.2) is 0 Å². The third-order valence-electron chi connectivity index (χ3n) is 4.20. The summed E-state index contributed by atoms with van der Waals surface area (Å²) in [7, 11) is 3.69. The minimum absolute atomic E-state index is 0.124. The van der Waals surface area contributed by atoms with Gasteiger partial charge in [-0.3, -0.25) is 14.5 Å². The summed E-state index contributed by atoms with van der Waals surface area (Å²) < 4.78 is 7.61. The van der Waals surface area contributed by atoms with Crippen LogP contribution in [0.2, 0.25) is 0 Å². The monoisotopic (exact) mass is 330 g/mol. The second-order valence-corrected chi connectivity index (χ2v) is 5.69. The summed E-state index contributed by atoms with van der Waals surface area (Å²) in [5.74, 6) is 0.811. The Kier molecular flexibility index (Phi) is 5.05. The maximum atomic E-state index is 12.5. The Morgan fingerprint density at radius 3 is 2.96 bits per heavy atom. The van der Waals surface area contributed by atoms with Crippen molar-refractivity contribution >= 4 is 11.7 Å². The lowest BCUT2D eigenvalue weighted by Crippen LogP contribution is -2.42. The van der Waals surface area contributed by atoms with Gasteiger partial charge in [-0.1, -0.05) is 0 Å².